The van der Waals surface area contributed by atoms with E-state index in [1.54, 1.807) is 6.07 Å². The van der Waals surface area contributed by atoms with Gasteiger partial charge < -0.3 is 10.0 Å². The topological polar surface area (TPSA) is 40.5 Å². The summed E-state index contributed by atoms with van der Waals surface area (Å²) in [5.74, 6) is -0.752. The lowest BCUT2D eigenvalue weighted by atomic mass is 9.98. The van der Waals surface area contributed by atoms with Gasteiger partial charge in [0.2, 0.25) is 0 Å². The van der Waals surface area contributed by atoms with Gasteiger partial charge in [-0.2, -0.15) is 0 Å². The molecule has 0 amide bonds. The van der Waals surface area contributed by atoms with E-state index in [2.05, 4.69) is 11.8 Å². The van der Waals surface area contributed by atoms with Crippen molar-refractivity contribution in [3.05, 3.63) is 35.7 Å². The van der Waals surface area contributed by atoms with Crippen LogP contribution in [-0.2, 0) is 4.79 Å². The molecule has 1 aliphatic rings. The molecule has 0 spiro atoms. The molecule has 0 aromatic heterocycles. The highest BCUT2D eigenvalue weighted by molar-refractivity contribution is 5.87. The fourth-order valence-electron chi connectivity index (χ4n) is 2.37. The molecule has 1 aromatic carbocycles. The van der Waals surface area contributed by atoms with E-state index < -0.39 is 5.97 Å². The normalized spacial score (nSPS) is 17.1. The number of anilines is 1. The van der Waals surface area contributed by atoms with Crippen molar-refractivity contribution in [3.63, 3.8) is 0 Å². The molecule has 0 unspecified atom stereocenters. The number of hydrogen-bond acceptors (Lipinski definition) is 2. The van der Waals surface area contributed by atoms with Gasteiger partial charge >= 0.3 is 5.97 Å². The van der Waals surface area contributed by atoms with Gasteiger partial charge in [-0.3, -0.25) is 0 Å². The number of carboxylic acid groups (broad SMARTS) is 1. The maximum atomic E-state index is 13.9. The third-order valence-electron chi connectivity index (χ3n) is 3.55. The zero-order valence-electron chi connectivity index (χ0n) is 11.0. The average molecular weight is 263 g/mol. The van der Waals surface area contributed by atoms with E-state index in [1.807, 2.05) is 6.07 Å². The summed E-state index contributed by atoms with van der Waals surface area (Å²) in [4.78, 5) is 12.7. The van der Waals surface area contributed by atoms with Crippen LogP contribution in [0.5, 0.6) is 0 Å². The molecule has 1 N–H and O–H groups in total. The Morgan fingerprint density at radius 2 is 2.11 bits per heavy atom. The van der Waals surface area contributed by atoms with Crippen LogP contribution in [0.1, 0.15) is 25.3 Å². The molecule has 1 fully saturated rings. The first kappa shape index (κ1) is 13.6. The van der Waals surface area contributed by atoms with Crippen LogP contribution in [0.4, 0.5) is 10.1 Å². The zero-order chi connectivity index (χ0) is 13.8. The second-order valence-electron chi connectivity index (χ2n) is 5.01. The van der Waals surface area contributed by atoms with Crippen molar-refractivity contribution >= 4 is 17.7 Å². The molecule has 3 nitrogen and oxygen atoms in total. The van der Waals surface area contributed by atoms with Gasteiger partial charge in [-0.25, -0.2) is 9.18 Å². The van der Waals surface area contributed by atoms with Gasteiger partial charge in [0.05, 0.1) is 0 Å². The van der Waals surface area contributed by atoms with Crippen molar-refractivity contribution in [2.45, 2.75) is 19.8 Å². The second-order valence-corrected chi connectivity index (χ2v) is 5.01. The first-order chi connectivity index (χ1) is 9.08. The Morgan fingerprint density at radius 3 is 2.74 bits per heavy atom. The minimum Gasteiger partial charge on any atom is -0.478 e. The molecule has 1 saturated heterocycles. The molecule has 0 aliphatic carbocycles. The van der Waals surface area contributed by atoms with Crippen LogP contribution in [0.15, 0.2) is 24.3 Å². The van der Waals surface area contributed by atoms with Gasteiger partial charge in [0, 0.05) is 30.4 Å². The molecule has 0 saturated carbocycles. The maximum Gasteiger partial charge on any atom is 0.328 e. The van der Waals surface area contributed by atoms with E-state index in [0.717, 1.165) is 37.7 Å². The number of carbonyl (C=O) groups is 1. The Balaban J connectivity index is 2.29. The van der Waals surface area contributed by atoms with Crippen LogP contribution in [0.2, 0.25) is 0 Å². The minimum atomic E-state index is -1.07. The predicted octanol–water partition coefficient (Wildman–Crippen LogP) is 3.16. The van der Waals surface area contributed by atoms with Crippen LogP contribution in [0.3, 0.4) is 0 Å². The molecule has 19 heavy (non-hydrogen) atoms. The first-order valence-corrected chi connectivity index (χ1v) is 6.52. The number of nitrogens with zero attached hydrogens (tertiary/aromatic N) is 1. The lowest BCUT2D eigenvalue weighted by Gasteiger charge is -2.33. The van der Waals surface area contributed by atoms with Crippen molar-refractivity contribution in [2.75, 3.05) is 18.0 Å². The Morgan fingerprint density at radius 1 is 1.42 bits per heavy atom. The monoisotopic (exact) mass is 263 g/mol. The first-order valence-electron chi connectivity index (χ1n) is 6.52. The van der Waals surface area contributed by atoms with Crippen molar-refractivity contribution in [1.82, 2.24) is 0 Å². The number of carboxylic acids is 1. The van der Waals surface area contributed by atoms with Crippen LogP contribution >= 0.6 is 0 Å². The van der Waals surface area contributed by atoms with Crippen molar-refractivity contribution in [1.29, 1.82) is 0 Å². The maximum absolute atomic E-state index is 13.9. The molecule has 1 heterocycles. The summed E-state index contributed by atoms with van der Waals surface area (Å²) in [6, 6.07) is 4.87. The molecule has 4 heteroatoms. The van der Waals surface area contributed by atoms with E-state index in [1.165, 1.54) is 12.1 Å². The van der Waals surface area contributed by atoms with Crippen molar-refractivity contribution < 1.29 is 14.3 Å². The molecular formula is C15H18FNO2. The number of piperidine rings is 1. The number of benzene rings is 1. The standard InChI is InChI=1S/C15H18FNO2/c1-11-7-9-17(10-8-11)14-4-2-3-13(16)12(14)5-6-15(18)19/h2-6,11H,7-10H2,1H3,(H,18,19)/b6-5+. The Bertz CT molecular complexity index is 491. The molecule has 2 rings (SSSR count). The van der Waals surface area contributed by atoms with E-state index in [-0.39, 0.29) is 5.82 Å². The van der Waals surface area contributed by atoms with Crippen LogP contribution in [0.25, 0.3) is 6.08 Å². The highest BCUT2D eigenvalue weighted by Gasteiger charge is 2.19. The number of aliphatic carboxylic acids is 1. The average Bonchev–Trinajstić information content (AvgIpc) is 2.38. The fraction of sp³-hybridized carbons (Fsp3) is 0.400. The number of rotatable bonds is 3. The second kappa shape index (κ2) is 5.87. The van der Waals surface area contributed by atoms with Gasteiger partial charge in [-0.05, 0) is 37.0 Å². The molecule has 0 atom stereocenters. The molecule has 0 bridgehead atoms. The quantitative estimate of drug-likeness (QED) is 0.852. The van der Waals surface area contributed by atoms with Crippen molar-refractivity contribution in [3.8, 4) is 0 Å². The van der Waals surface area contributed by atoms with Gasteiger partial charge in [0.25, 0.3) is 0 Å². The van der Waals surface area contributed by atoms with Gasteiger partial charge in [0.1, 0.15) is 5.82 Å². The lowest BCUT2D eigenvalue weighted by Crippen LogP contribution is -2.33. The summed E-state index contributed by atoms with van der Waals surface area (Å²) in [7, 11) is 0. The zero-order valence-corrected chi connectivity index (χ0v) is 11.0. The Hall–Kier alpha value is -1.84. The molecule has 102 valence electrons. The largest absolute Gasteiger partial charge is 0.478 e. The van der Waals surface area contributed by atoms with Gasteiger partial charge in [-0.1, -0.05) is 13.0 Å². The molecule has 0 radical (unpaired) electrons. The smallest absolute Gasteiger partial charge is 0.328 e. The Labute approximate surface area is 112 Å². The Kier molecular flexibility index (Phi) is 4.20. The van der Waals surface area contributed by atoms with E-state index in [9.17, 15) is 9.18 Å². The summed E-state index contributed by atoms with van der Waals surface area (Å²) < 4.78 is 13.9. The highest BCUT2D eigenvalue weighted by atomic mass is 19.1. The third-order valence-corrected chi connectivity index (χ3v) is 3.55. The van der Waals surface area contributed by atoms with Crippen LogP contribution < -0.4 is 4.90 Å². The predicted molar refractivity (Wildman–Crippen MR) is 73.7 cm³/mol. The molecule has 1 aliphatic heterocycles. The summed E-state index contributed by atoms with van der Waals surface area (Å²) in [6.07, 6.45) is 4.48. The fourth-order valence-corrected chi connectivity index (χ4v) is 2.37. The van der Waals surface area contributed by atoms with Gasteiger partial charge in [-0.15, -0.1) is 0 Å². The SMILES string of the molecule is CC1CCN(c2cccc(F)c2/C=C/C(=O)O)CC1. The summed E-state index contributed by atoms with van der Waals surface area (Å²) in [5, 5.41) is 8.68. The highest BCUT2D eigenvalue weighted by Crippen LogP contribution is 2.28. The molecule has 1 aromatic rings. The minimum absolute atomic E-state index is 0.361. The van der Waals surface area contributed by atoms with Crippen LogP contribution in [-0.4, -0.2) is 24.2 Å². The lowest BCUT2D eigenvalue weighted by molar-refractivity contribution is -0.131. The van der Waals surface area contributed by atoms with Crippen LogP contribution in [0, 0.1) is 11.7 Å². The molecular weight excluding hydrogens is 245 g/mol. The number of hydrogen-bond donors (Lipinski definition) is 1. The van der Waals surface area contributed by atoms with E-state index in [0.29, 0.717) is 11.5 Å². The van der Waals surface area contributed by atoms with E-state index in [4.69, 9.17) is 5.11 Å². The van der Waals surface area contributed by atoms with E-state index >= 15 is 0 Å². The van der Waals surface area contributed by atoms with Gasteiger partial charge in [0.15, 0.2) is 0 Å². The van der Waals surface area contributed by atoms with Crippen molar-refractivity contribution in [2.24, 2.45) is 5.92 Å². The third kappa shape index (κ3) is 3.34. The summed E-state index contributed by atoms with van der Waals surface area (Å²) in [5.41, 5.74) is 1.14. The summed E-state index contributed by atoms with van der Waals surface area (Å²) in [6.45, 7) is 3.99. The number of halogens is 1. The summed E-state index contributed by atoms with van der Waals surface area (Å²) >= 11 is 0.